The molecule has 0 saturated heterocycles. The Balaban J connectivity index is -0.0000000133. The van der Waals surface area contributed by atoms with Gasteiger partial charge in [-0.3, -0.25) is 0 Å². The van der Waals surface area contributed by atoms with Gasteiger partial charge in [0.25, 0.3) is 0 Å². The summed E-state index contributed by atoms with van der Waals surface area (Å²) in [5, 5.41) is 0. The standard InChI is InChI=1S/2Fe.2O.Ti. The largest absolute Gasteiger partial charge is 0 e. The normalized spacial score (nSPS) is 2.00. The molecule has 0 aliphatic rings. The van der Waals surface area contributed by atoms with Crippen molar-refractivity contribution in [2.45, 2.75) is 0 Å². The Labute approximate surface area is 61.0 Å². The Morgan fingerprint density at radius 2 is 0.800 bits per heavy atom. The first-order valence-corrected chi connectivity index (χ1v) is 1.19. The summed E-state index contributed by atoms with van der Waals surface area (Å²) in [4.78, 5) is 0. The van der Waals surface area contributed by atoms with Crippen molar-refractivity contribution in [3.8, 4) is 0 Å². The van der Waals surface area contributed by atoms with Crippen LogP contribution in [0.5, 0.6) is 0 Å². The van der Waals surface area contributed by atoms with Crippen LogP contribution in [0.1, 0.15) is 0 Å². The minimum atomic E-state index is 0. The fourth-order valence-electron chi connectivity index (χ4n) is 0. The van der Waals surface area contributed by atoms with Crippen LogP contribution in [0.3, 0.4) is 0 Å². The maximum absolute atomic E-state index is 8.00. The topological polar surface area (TPSA) is 34.1 Å². The van der Waals surface area contributed by atoms with Gasteiger partial charge in [-0.25, -0.2) is 0 Å². The molecular formula is Fe2O2Ti. The SMILES string of the molecule is [O]=[Fe].[O]=[Fe].[Ti]. The van der Waals surface area contributed by atoms with E-state index in [0.29, 0.717) is 0 Å². The molecule has 0 radical (unpaired) electrons. The summed E-state index contributed by atoms with van der Waals surface area (Å²) >= 11 is 4.00. The molecule has 0 aromatic carbocycles. The summed E-state index contributed by atoms with van der Waals surface area (Å²) in [5.74, 6) is 0. The molecule has 0 spiro atoms. The second kappa shape index (κ2) is 55.4. The van der Waals surface area contributed by atoms with Crippen molar-refractivity contribution in [1.29, 1.82) is 0 Å². The van der Waals surface area contributed by atoms with Crippen molar-refractivity contribution < 1.29 is 61.3 Å². The van der Waals surface area contributed by atoms with Crippen molar-refractivity contribution >= 4 is 0 Å². The van der Waals surface area contributed by atoms with Crippen molar-refractivity contribution in [2.24, 2.45) is 0 Å². The monoisotopic (exact) mass is 192 g/mol. The molecule has 0 heterocycles. The van der Waals surface area contributed by atoms with E-state index >= 15 is 0 Å². The average Bonchev–Trinajstić information content (AvgIpc) is 1.50. The smallest absolute Gasteiger partial charge is 0 e. The van der Waals surface area contributed by atoms with E-state index in [9.17, 15) is 0 Å². The molecule has 32 valence electrons. The van der Waals surface area contributed by atoms with Gasteiger partial charge in [0, 0.05) is 21.7 Å². The first-order valence-electron chi connectivity index (χ1n) is 0.289. The maximum Gasteiger partial charge on any atom is 0 e. The van der Waals surface area contributed by atoms with Gasteiger partial charge in [-0.2, -0.15) is 0 Å². The molecule has 2 nitrogen and oxygen atoms in total. The summed E-state index contributed by atoms with van der Waals surface area (Å²) in [6, 6.07) is 0. The van der Waals surface area contributed by atoms with E-state index < -0.39 is 0 Å². The van der Waals surface area contributed by atoms with Gasteiger partial charge in [-0.05, 0) is 0 Å². The number of rotatable bonds is 0. The first-order chi connectivity index (χ1) is 2.00. The van der Waals surface area contributed by atoms with Crippen molar-refractivity contribution in [3.05, 3.63) is 0 Å². The van der Waals surface area contributed by atoms with Crippen LogP contribution in [0.25, 0.3) is 0 Å². The van der Waals surface area contributed by atoms with Gasteiger partial charge in [-0.15, -0.1) is 0 Å². The molecule has 0 fully saturated rings. The Morgan fingerprint density at radius 3 is 0.800 bits per heavy atom. The van der Waals surface area contributed by atoms with Crippen LogP contribution in [0, 0.1) is 0 Å². The van der Waals surface area contributed by atoms with E-state index in [1.807, 2.05) is 31.9 Å². The van der Waals surface area contributed by atoms with Crippen molar-refractivity contribution in [1.82, 2.24) is 0 Å². The van der Waals surface area contributed by atoms with Gasteiger partial charge >= 0.3 is 39.6 Å². The third-order valence-corrected chi connectivity index (χ3v) is 0. The zero-order chi connectivity index (χ0) is 4.00. The molecule has 5 heavy (non-hydrogen) atoms. The van der Waals surface area contributed by atoms with E-state index in [-0.39, 0.29) is 21.7 Å². The van der Waals surface area contributed by atoms with E-state index in [4.69, 9.17) is 7.67 Å². The van der Waals surface area contributed by atoms with E-state index in [1.165, 1.54) is 0 Å². The second-order valence-corrected chi connectivity index (χ2v) is 0. The zero-order valence-electron chi connectivity index (χ0n) is 2.02. The van der Waals surface area contributed by atoms with E-state index in [2.05, 4.69) is 0 Å². The molecular weight excluding hydrogens is 192 g/mol. The van der Waals surface area contributed by atoms with E-state index in [1.54, 1.807) is 0 Å². The maximum atomic E-state index is 8.00. The summed E-state index contributed by atoms with van der Waals surface area (Å²) in [7, 11) is 0. The van der Waals surface area contributed by atoms with Crippen LogP contribution < -0.4 is 0 Å². The molecule has 5 heteroatoms. The van der Waals surface area contributed by atoms with E-state index in [0.717, 1.165) is 0 Å². The van der Waals surface area contributed by atoms with Gasteiger partial charge in [0.05, 0.1) is 0 Å². The molecule has 0 N–H and O–H groups in total. The molecule has 0 bridgehead atoms. The molecule has 0 rings (SSSR count). The van der Waals surface area contributed by atoms with Crippen molar-refractivity contribution in [2.75, 3.05) is 0 Å². The Hall–Kier alpha value is 1.35. The van der Waals surface area contributed by atoms with Crippen LogP contribution in [0.4, 0.5) is 0 Å². The molecule has 0 amide bonds. The molecule has 0 aromatic heterocycles. The van der Waals surface area contributed by atoms with Gasteiger partial charge in [0.2, 0.25) is 0 Å². The molecule has 0 aromatic rings. The predicted molar refractivity (Wildman–Crippen MR) is 1.37 cm³/mol. The predicted octanol–water partition coefficient (Wildman–Crippen LogP) is -0.245. The summed E-state index contributed by atoms with van der Waals surface area (Å²) < 4.78 is 16.0. The molecule has 0 atom stereocenters. The summed E-state index contributed by atoms with van der Waals surface area (Å²) in [6.45, 7) is 0. The van der Waals surface area contributed by atoms with Crippen LogP contribution in [0.2, 0.25) is 0 Å². The summed E-state index contributed by atoms with van der Waals surface area (Å²) in [5.41, 5.74) is 0. The van der Waals surface area contributed by atoms with Gasteiger partial charge < -0.3 is 0 Å². The minimum Gasteiger partial charge on any atom is 0 e. The Bertz CT molecular complexity index is 9.61. The number of hydrogen-bond donors (Lipinski definition) is 0. The second-order valence-electron chi connectivity index (χ2n) is 0. The molecule has 0 aliphatic carbocycles. The van der Waals surface area contributed by atoms with Crippen LogP contribution >= 0.6 is 0 Å². The van der Waals surface area contributed by atoms with Gasteiger partial charge in [0.15, 0.2) is 0 Å². The number of hydrogen-bond acceptors (Lipinski definition) is 2. The van der Waals surface area contributed by atoms with Gasteiger partial charge in [0.1, 0.15) is 0 Å². The average molecular weight is 192 g/mol. The molecule has 0 unspecified atom stereocenters. The van der Waals surface area contributed by atoms with Crippen LogP contribution in [-0.2, 0) is 61.3 Å². The minimum absolute atomic E-state index is 0. The third kappa shape index (κ3) is 32.9. The fraction of sp³-hybridized carbons (Fsp3) is 0. The Kier molecular flexibility index (Phi) is 179. The van der Waals surface area contributed by atoms with Crippen LogP contribution in [-0.4, -0.2) is 0 Å². The molecule has 0 saturated carbocycles. The fourth-order valence-corrected chi connectivity index (χ4v) is 0. The van der Waals surface area contributed by atoms with Gasteiger partial charge in [-0.1, -0.05) is 0 Å². The quantitative estimate of drug-likeness (QED) is 0.495. The zero-order valence-corrected chi connectivity index (χ0v) is 5.79. The third-order valence-electron chi connectivity index (χ3n) is 0. The van der Waals surface area contributed by atoms with Crippen LogP contribution in [0.15, 0.2) is 0 Å². The summed E-state index contributed by atoms with van der Waals surface area (Å²) in [6.07, 6.45) is 0. The molecule has 0 aliphatic heterocycles. The van der Waals surface area contributed by atoms with Crippen molar-refractivity contribution in [3.63, 3.8) is 0 Å². The first kappa shape index (κ1) is 16.2. The Morgan fingerprint density at radius 1 is 0.800 bits per heavy atom.